The largest absolute Gasteiger partial charge is 0.345 e. The van der Waals surface area contributed by atoms with E-state index in [1.165, 1.54) is 0 Å². The minimum atomic E-state index is -0.298. The van der Waals surface area contributed by atoms with Gasteiger partial charge in [0.25, 0.3) is 0 Å². The van der Waals surface area contributed by atoms with Crippen molar-refractivity contribution in [3.8, 4) is 0 Å². The van der Waals surface area contributed by atoms with Gasteiger partial charge in [0.15, 0.2) is 6.29 Å². The van der Waals surface area contributed by atoms with Crippen molar-refractivity contribution >= 4 is 0 Å². The Bertz CT molecular complexity index is 198. The summed E-state index contributed by atoms with van der Waals surface area (Å²) < 4.78 is 10.9. The first kappa shape index (κ1) is 13.1. The fourth-order valence-electron chi connectivity index (χ4n) is 0.765. The van der Waals surface area contributed by atoms with Crippen LogP contribution < -0.4 is 0 Å². The molecule has 2 heteroatoms. The lowest BCUT2D eigenvalue weighted by Gasteiger charge is -2.15. The van der Waals surface area contributed by atoms with Gasteiger partial charge in [-0.2, -0.15) is 0 Å². The molecule has 0 aliphatic carbocycles. The van der Waals surface area contributed by atoms with Gasteiger partial charge in [0.05, 0.1) is 13.2 Å². The van der Waals surface area contributed by atoms with Crippen LogP contribution in [0.5, 0.6) is 0 Å². The Morgan fingerprint density at radius 2 is 1.57 bits per heavy atom. The van der Waals surface area contributed by atoms with E-state index in [1.54, 1.807) is 0 Å². The molecular weight excluding hydrogens is 176 g/mol. The molecule has 14 heavy (non-hydrogen) atoms. The van der Waals surface area contributed by atoms with Crippen LogP contribution >= 0.6 is 0 Å². The predicted octanol–water partition coefficient (Wildman–Crippen LogP) is 3.07. The second kappa shape index (κ2) is 7.54. The van der Waals surface area contributed by atoms with Crippen LogP contribution in [0.3, 0.4) is 0 Å². The van der Waals surface area contributed by atoms with Crippen molar-refractivity contribution in [1.29, 1.82) is 0 Å². The van der Waals surface area contributed by atoms with Crippen LogP contribution in [0.15, 0.2) is 36.5 Å². The highest BCUT2D eigenvalue weighted by molar-refractivity contribution is 4.91. The molecule has 0 rings (SSSR count). The summed E-state index contributed by atoms with van der Waals surface area (Å²) in [5, 5.41) is 0. The predicted molar refractivity (Wildman–Crippen MR) is 60.1 cm³/mol. The van der Waals surface area contributed by atoms with Crippen LogP contribution in [0, 0.1) is 0 Å². The molecule has 0 saturated heterocycles. The third-order valence-electron chi connectivity index (χ3n) is 1.34. The Morgan fingerprint density at radius 3 is 1.86 bits per heavy atom. The van der Waals surface area contributed by atoms with E-state index in [4.69, 9.17) is 9.47 Å². The third-order valence-corrected chi connectivity index (χ3v) is 1.34. The molecule has 0 atom stereocenters. The van der Waals surface area contributed by atoms with Crippen molar-refractivity contribution in [2.45, 2.75) is 27.1 Å². The van der Waals surface area contributed by atoms with Gasteiger partial charge < -0.3 is 9.47 Å². The normalized spacial score (nSPS) is 11.1. The molecule has 0 spiro atoms. The molecule has 80 valence electrons. The van der Waals surface area contributed by atoms with Crippen molar-refractivity contribution in [3.63, 3.8) is 0 Å². The van der Waals surface area contributed by atoms with E-state index in [9.17, 15) is 0 Å². The smallest absolute Gasteiger partial charge is 0.177 e. The Balaban J connectivity index is 3.89. The lowest BCUT2D eigenvalue weighted by Crippen LogP contribution is -2.16. The summed E-state index contributed by atoms with van der Waals surface area (Å²) in [6, 6.07) is 0. The summed E-state index contributed by atoms with van der Waals surface area (Å²) in [5.74, 6) is 0. The van der Waals surface area contributed by atoms with Gasteiger partial charge in [-0.25, -0.2) is 0 Å². The van der Waals surface area contributed by atoms with Gasteiger partial charge in [0, 0.05) is 0 Å². The molecule has 0 saturated carbocycles. The number of hydrogen-bond donors (Lipinski definition) is 0. The highest BCUT2D eigenvalue weighted by atomic mass is 16.7. The molecule has 0 aliphatic heterocycles. The maximum Gasteiger partial charge on any atom is 0.177 e. The molecule has 0 aliphatic rings. The number of hydrogen-bond acceptors (Lipinski definition) is 2. The van der Waals surface area contributed by atoms with Gasteiger partial charge in [-0.1, -0.05) is 30.4 Å². The number of allylic oxidation sites excluding steroid dienone is 1. The molecule has 0 radical (unpaired) electrons. The molecule has 0 aromatic carbocycles. The summed E-state index contributed by atoms with van der Waals surface area (Å²) in [6.07, 6.45) is 3.47. The van der Waals surface area contributed by atoms with Crippen molar-refractivity contribution < 1.29 is 9.47 Å². The van der Waals surface area contributed by atoms with E-state index in [1.807, 2.05) is 32.9 Å². The van der Waals surface area contributed by atoms with Crippen LogP contribution in [0.4, 0.5) is 0 Å². The lowest BCUT2D eigenvalue weighted by atomic mass is 10.4. The Hall–Kier alpha value is -0.860. The molecule has 0 amide bonds. The SMILES string of the molecule is C=C(C)COC(/C=C/C)OCC(=C)C. The highest BCUT2D eigenvalue weighted by Gasteiger charge is 2.04. The molecule has 0 unspecified atom stereocenters. The summed E-state index contributed by atoms with van der Waals surface area (Å²) in [7, 11) is 0. The van der Waals surface area contributed by atoms with Gasteiger partial charge in [-0.05, 0) is 26.8 Å². The zero-order chi connectivity index (χ0) is 11.0. The highest BCUT2D eigenvalue weighted by Crippen LogP contribution is 2.02. The first-order valence-electron chi connectivity index (χ1n) is 4.71. The molecule has 0 aromatic heterocycles. The minimum Gasteiger partial charge on any atom is -0.345 e. The lowest BCUT2D eigenvalue weighted by molar-refractivity contribution is -0.0972. The van der Waals surface area contributed by atoms with Crippen molar-refractivity contribution in [2.24, 2.45) is 0 Å². The van der Waals surface area contributed by atoms with Crippen molar-refractivity contribution in [2.75, 3.05) is 13.2 Å². The minimum absolute atomic E-state index is 0.298. The van der Waals surface area contributed by atoms with E-state index in [-0.39, 0.29) is 6.29 Å². The zero-order valence-electron chi connectivity index (χ0n) is 9.38. The van der Waals surface area contributed by atoms with Crippen LogP contribution in [-0.4, -0.2) is 19.5 Å². The summed E-state index contributed by atoms with van der Waals surface area (Å²) in [4.78, 5) is 0. The van der Waals surface area contributed by atoms with E-state index in [0.717, 1.165) is 11.1 Å². The molecule has 0 fully saturated rings. The first-order valence-corrected chi connectivity index (χ1v) is 4.71. The topological polar surface area (TPSA) is 18.5 Å². The maximum absolute atomic E-state index is 5.44. The average molecular weight is 196 g/mol. The van der Waals surface area contributed by atoms with Gasteiger partial charge in [-0.3, -0.25) is 0 Å². The van der Waals surface area contributed by atoms with Gasteiger partial charge >= 0.3 is 0 Å². The monoisotopic (exact) mass is 196 g/mol. The molecule has 0 bridgehead atoms. The average Bonchev–Trinajstić information content (AvgIpc) is 2.09. The summed E-state index contributed by atoms with van der Waals surface area (Å²) >= 11 is 0. The second-order valence-corrected chi connectivity index (χ2v) is 3.43. The van der Waals surface area contributed by atoms with E-state index in [2.05, 4.69) is 13.2 Å². The Kier molecular flexibility index (Phi) is 7.07. The fourth-order valence-corrected chi connectivity index (χ4v) is 0.765. The molecule has 2 nitrogen and oxygen atoms in total. The molecular formula is C12H20O2. The van der Waals surface area contributed by atoms with E-state index in [0.29, 0.717) is 13.2 Å². The quantitative estimate of drug-likeness (QED) is 0.460. The summed E-state index contributed by atoms with van der Waals surface area (Å²) in [6.45, 7) is 14.3. The van der Waals surface area contributed by atoms with Crippen LogP contribution in [0.2, 0.25) is 0 Å². The van der Waals surface area contributed by atoms with Gasteiger partial charge in [0.1, 0.15) is 0 Å². The Labute approximate surface area is 86.9 Å². The summed E-state index contributed by atoms with van der Waals surface area (Å²) in [5.41, 5.74) is 1.97. The molecule has 0 heterocycles. The third kappa shape index (κ3) is 7.77. The second-order valence-electron chi connectivity index (χ2n) is 3.43. The van der Waals surface area contributed by atoms with Gasteiger partial charge in [0.2, 0.25) is 0 Å². The van der Waals surface area contributed by atoms with Crippen LogP contribution in [0.1, 0.15) is 20.8 Å². The zero-order valence-corrected chi connectivity index (χ0v) is 9.38. The van der Waals surface area contributed by atoms with Gasteiger partial charge in [-0.15, -0.1) is 0 Å². The molecule has 0 aromatic rings. The van der Waals surface area contributed by atoms with Crippen LogP contribution in [-0.2, 0) is 9.47 Å². The maximum atomic E-state index is 5.44. The van der Waals surface area contributed by atoms with Crippen molar-refractivity contribution in [3.05, 3.63) is 36.5 Å². The first-order chi connectivity index (χ1) is 6.56. The number of ether oxygens (including phenoxy) is 2. The standard InChI is InChI=1S/C12H20O2/c1-6-7-12(13-8-10(2)3)14-9-11(4)5/h6-7,12H,2,4,8-9H2,1,3,5H3/b7-6+. The fraction of sp³-hybridized carbons (Fsp3) is 0.500. The number of rotatable bonds is 7. The molecule has 0 N–H and O–H groups in total. The van der Waals surface area contributed by atoms with E-state index >= 15 is 0 Å². The van der Waals surface area contributed by atoms with E-state index < -0.39 is 0 Å². The Morgan fingerprint density at radius 1 is 1.14 bits per heavy atom. The van der Waals surface area contributed by atoms with Crippen molar-refractivity contribution in [1.82, 2.24) is 0 Å². The van der Waals surface area contributed by atoms with Crippen LogP contribution in [0.25, 0.3) is 0 Å².